The van der Waals surface area contributed by atoms with Crippen LogP contribution in [0.4, 0.5) is 14.9 Å². The fourth-order valence-corrected chi connectivity index (χ4v) is 3.19. The third-order valence-corrected chi connectivity index (χ3v) is 5.05. The van der Waals surface area contributed by atoms with Gasteiger partial charge in [-0.25, -0.2) is 14.6 Å². The molecule has 2 amide bonds. The number of hydrazone groups is 1. The third kappa shape index (κ3) is 7.08. The number of anilines is 1. The number of carbonyl (C=O) groups excluding carboxylic acids is 1. The quantitative estimate of drug-likeness (QED) is 0.234. The van der Waals surface area contributed by atoms with Crippen molar-refractivity contribution in [2.45, 2.75) is 6.54 Å². The van der Waals surface area contributed by atoms with E-state index in [1.165, 1.54) is 30.5 Å². The number of aromatic hydroxyl groups is 1. The van der Waals surface area contributed by atoms with Gasteiger partial charge in [-0.2, -0.15) is 5.10 Å². The molecule has 2 heterocycles. The number of nitrogens with one attached hydrogen (secondary N) is 2. The highest BCUT2D eigenvalue weighted by molar-refractivity contribution is 5.90. The van der Waals surface area contributed by atoms with Crippen LogP contribution in [-0.2, 0) is 6.54 Å². The van der Waals surface area contributed by atoms with Crippen LogP contribution in [-0.4, -0.2) is 62.6 Å². The van der Waals surface area contributed by atoms with Crippen LogP contribution in [0.1, 0.15) is 5.56 Å². The summed E-state index contributed by atoms with van der Waals surface area (Å²) in [6.45, 7) is 1.48. The largest absolute Gasteiger partial charge is 0.508 e. The summed E-state index contributed by atoms with van der Waals surface area (Å²) >= 11 is 0. The molecule has 0 aliphatic carbocycles. The lowest BCUT2D eigenvalue weighted by molar-refractivity contribution is 0.252. The lowest BCUT2D eigenvalue weighted by Crippen LogP contribution is -2.24. The SMILES string of the molecule is CN(C)CCn1cnnc1-c1cc(Oc2ccc(NC(=O)N/N=C/c3ccc(O)cc3)cc2F)ccn1. The number of benzene rings is 2. The number of aromatic nitrogens is 4. The van der Waals surface area contributed by atoms with Gasteiger partial charge in [0.2, 0.25) is 0 Å². The molecular formula is C25H25FN8O3. The van der Waals surface area contributed by atoms with Crippen LogP contribution in [0.5, 0.6) is 17.2 Å². The van der Waals surface area contributed by atoms with Gasteiger partial charge in [0.1, 0.15) is 23.5 Å². The van der Waals surface area contributed by atoms with E-state index in [9.17, 15) is 14.3 Å². The van der Waals surface area contributed by atoms with Crippen molar-refractivity contribution >= 4 is 17.9 Å². The molecule has 2 aromatic carbocycles. The number of likely N-dealkylation sites (N-methyl/N-ethyl adjacent to an activating group) is 1. The standard InChI is InChI=1S/C25H25FN8O3/c1-33(2)11-12-34-16-29-31-24(34)22-14-20(9-10-27-22)37-23-8-5-18(13-21(23)26)30-25(36)32-28-15-17-3-6-19(35)7-4-17/h3-10,13-16,35H,11-12H2,1-2H3,(H2,30,32,36)/b28-15+. The highest BCUT2D eigenvalue weighted by atomic mass is 19.1. The van der Waals surface area contributed by atoms with Crippen LogP contribution < -0.4 is 15.5 Å². The maximum Gasteiger partial charge on any atom is 0.339 e. The molecule has 0 fully saturated rings. The summed E-state index contributed by atoms with van der Waals surface area (Å²) in [6, 6.07) is 12.9. The van der Waals surface area contributed by atoms with Crippen molar-refractivity contribution in [1.82, 2.24) is 30.1 Å². The third-order valence-electron chi connectivity index (χ3n) is 5.05. The van der Waals surface area contributed by atoms with E-state index in [-0.39, 0.29) is 17.2 Å². The van der Waals surface area contributed by atoms with Gasteiger partial charge in [0, 0.05) is 37.1 Å². The number of rotatable bonds is 9. The minimum absolute atomic E-state index is 0.0254. The Morgan fingerprint density at radius 1 is 1.19 bits per heavy atom. The van der Waals surface area contributed by atoms with E-state index >= 15 is 0 Å². The molecule has 4 aromatic rings. The zero-order chi connectivity index (χ0) is 26.2. The Labute approximate surface area is 212 Å². The fourth-order valence-electron chi connectivity index (χ4n) is 3.19. The second-order valence-corrected chi connectivity index (χ2v) is 8.19. The van der Waals surface area contributed by atoms with E-state index in [0.29, 0.717) is 29.4 Å². The van der Waals surface area contributed by atoms with Crippen LogP contribution in [0.2, 0.25) is 0 Å². The summed E-state index contributed by atoms with van der Waals surface area (Å²) in [7, 11) is 3.96. The number of halogens is 1. The molecule has 0 aliphatic heterocycles. The summed E-state index contributed by atoms with van der Waals surface area (Å²) in [5.41, 5.74) is 3.72. The second-order valence-electron chi connectivity index (χ2n) is 8.19. The predicted molar refractivity (Wildman–Crippen MR) is 136 cm³/mol. The topological polar surface area (TPSA) is 130 Å². The van der Waals surface area contributed by atoms with Crippen LogP contribution in [0.15, 0.2) is 72.2 Å². The molecule has 4 rings (SSSR count). The average Bonchev–Trinajstić information content (AvgIpc) is 3.35. The number of nitrogens with zero attached hydrogens (tertiary/aromatic N) is 6. The zero-order valence-electron chi connectivity index (χ0n) is 20.2. The molecule has 3 N–H and O–H groups in total. The maximum atomic E-state index is 14.7. The maximum absolute atomic E-state index is 14.7. The monoisotopic (exact) mass is 504 g/mol. The summed E-state index contributed by atoms with van der Waals surface area (Å²) in [6.07, 6.45) is 4.59. The van der Waals surface area contributed by atoms with E-state index in [1.807, 2.05) is 23.6 Å². The minimum atomic E-state index is -0.669. The summed E-state index contributed by atoms with van der Waals surface area (Å²) in [5.74, 6) is 0.377. The van der Waals surface area contributed by atoms with E-state index < -0.39 is 11.8 Å². The van der Waals surface area contributed by atoms with Crippen molar-refractivity contribution < 1.29 is 19.0 Å². The lowest BCUT2D eigenvalue weighted by Gasteiger charge is -2.12. The van der Waals surface area contributed by atoms with Crippen LogP contribution in [0.3, 0.4) is 0 Å². The van der Waals surface area contributed by atoms with Gasteiger partial charge in [0.15, 0.2) is 17.4 Å². The van der Waals surface area contributed by atoms with E-state index in [2.05, 4.69) is 31.0 Å². The number of carbonyl (C=O) groups is 1. The smallest absolute Gasteiger partial charge is 0.339 e. The first-order valence-electron chi connectivity index (χ1n) is 11.2. The van der Waals surface area contributed by atoms with Crippen molar-refractivity contribution in [3.8, 4) is 28.8 Å². The Morgan fingerprint density at radius 2 is 2.00 bits per heavy atom. The second kappa shape index (κ2) is 11.7. The van der Waals surface area contributed by atoms with E-state index in [0.717, 1.165) is 12.6 Å². The summed E-state index contributed by atoms with van der Waals surface area (Å²) in [4.78, 5) is 18.4. The number of hydrogen-bond acceptors (Lipinski definition) is 8. The molecular weight excluding hydrogens is 479 g/mol. The van der Waals surface area contributed by atoms with Crippen molar-refractivity contribution in [3.05, 3.63) is 78.5 Å². The molecule has 37 heavy (non-hydrogen) atoms. The Balaban J connectivity index is 1.37. The van der Waals surface area contributed by atoms with Crippen LogP contribution in [0.25, 0.3) is 11.5 Å². The number of phenolic OH excluding ortho intramolecular Hbond substituents is 1. The minimum Gasteiger partial charge on any atom is -0.508 e. The fraction of sp³-hybridized carbons (Fsp3) is 0.160. The molecule has 12 heteroatoms. The molecule has 0 aliphatic rings. The van der Waals surface area contributed by atoms with Gasteiger partial charge in [0.05, 0.1) is 6.21 Å². The van der Waals surface area contributed by atoms with Crippen molar-refractivity contribution in [3.63, 3.8) is 0 Å². The number of urea groups is 1. The van der Waals surface area contributed by atoms with Gasteiger partial charge in [-0.05, 0) is 62.1 Å². The molecule has 0 spiro atoms. The first-order chi connectivity index (χ1) is 17.9. The van der Waals surface area contributed by atoms with Gasteiger partial charge >= 0.3 is 6.03 Å². The van der Waals surface area contributed by atoms with Crippen molar-refractivity contribution in [2.75, 3.05) is 26.0 Å². The van der Waals surface area contributed by atoms with Crippen LogP contribution in [0, 0.1) is 5.82 Å². The number of ether oxygens (including phenoxy) is 1. The molecule has 11 nitrogen and oxygen atoms in total. The normalized spacial score (nSPS) is 11.1. The highest BCUT2D eigenvalue weighted by Gasteiger charge is 2.12. The molecule has 0 saturated heterocycles. The molecule has 0 bridgehead atoms. The van der Waals surface area contributed by atoms with E-state index in [1.54, 1.807) is 36.8 Å². The Kier molecular flexibility index (Phi) is 8.01. The first-order valence-corrected chi connectivity index (χ1v) is 11.2. The number of phenols is 1. The molecule has 0 atom stereocenters. The van der Waals surface area contributed by atoms with Gasteiger partial charge in [-0.15, -0.1) is 10.2 Å². The molecule has 0 saturated carbocycles. The molecule has 2 aromatic heterocycles. The van der Waals surface area contributed by atoms with Gasteiger partial charge < -0.3 is 24.6 Å². The lowest BCUT2D eigenvalue weighted by atomic mass is 10.2. The predicted octanol–water partition coefficient (Wildman–Crippen LogP) is 3.69. The zero-order valence-corrected chi connectivity index (χ0v) is 20.2. The molecule has 0 unspecified atom stereocenters. The van der Waals surface area contributed by atoms with E-state index in [4.69, 9.17) is 4.74 Å². The number of hydrogen-bond donors (Lipinski definition) is 3. The first kappa shape index (κ1) is 25.3. The Hall–Kier alpha value is -4.84. The molecule has 0 radical (unpaired) electrons. The van der Waals surface area contributed by atoms with Crippen molar-refractivity contribution in [2.24, 2.45) is 5.10 Å². The number of pyridine rings is 1. The summed E-state index contributed by atoms with van der Waals surface area (Å²) < 4.78 is 22.3. The number of amides is 2. The highest BCUT2D eigenvalue weighted by Crippen LogP contribution is 2.28. The van der Waals surface area contributed by atoms with Gasteiger partial charge in [0.25, 0.3) is 0 Å². The van der Waals surface area contributed by atoms with Gasteiger partial charge in [-0.3, -0.25) is 4.98 Å². The average molecular weight is 505 g/mol. The van der Waals surface area contributed by atoms with Gasteiger partial charge in [-0.1, -0.05) is 0 Å². The Morgan fingerprint density at radius 3 is 2.76 bits per heavy atom. The molecule has 190 valence electrons. The Bertz CT molecular complexity index is 1390. The van der Waals surface area contributed by atoms with Crippen molar-refractivity contribution in [1.29, 1.82) is 0 Å². The van der Waals surface area contributed by atoms with Crippen LogP contribution >= 0.6 is 0 Å². The summed E-state index contributed by atoms with van der Waals surface area (Å²) in [5, 5.41) is 23.7.